The Morgan fingerprint density at radius 3 is 2.66 bits per heavy atom. The summed E-state index contributed by atoms with van der Waals surface area (Å²) < 4.78 is 5.70. The van der Waals surface area contributed by atoms with Crippen LogP contribution in [0.2, 0.25) is 0 Å². The molecule has 7 heteroatoms. The van der Waals surface area contributed by atoms with E-state index in [-0.39, 0.29) is 5.91 Å². The van der Waals surface area contributed by atoms with E-state index in [1.807, 2.05) is 41.3 Å². The molecule has 0 saturated carbocycles. The van der Waals surface area contributed by atoms with Gasteiger partial charge in [0.05, 0.1) is 12.1 Å². The highest BCUT2D eigenvalue weighted by Gasteiger charge is 2.24. The summed E-state index contributed by atoms with van der Waals surface area (Å²) in [5.41, 5.74) is 1.33. The monoisotopic (exact) mass is 391 g/mol. The van der Waals surface area contributed by atoms with Crippen molar-refractivity contribution < 1.29 is 9.53 Å². The molecule has 7 nitrogen and oxygen atoms in total. The maximum atomic E-state index is 12.9. The van der Waals surface area contributed by atoms with Crippen LogP contribution in [0.25, 0.3) is 10.9 Å². The van der Waals surface area contributed by atoms with Gasteiger partial charge < -0.3 is 14.5 Å². The number of rotatable bonds is 5. The van der Waals surface area contributed by atoms with Gasteiger partial charge in [0.25, 0.3) is 5.91 Å². The number of carbonyl (C=O) groups is 1. The zero-order chi connectivity index (χ0) is 20.2. The summed E-state index contributed by atoms with van der Waals surface area (Å²) in [5, 5.41) is 1.04. The van der Waals surface area contributed by atoms with Crippen LogP contribution in [0, 0.1) is 5.92 Å². The Hall–Kier alpha value is -3.22. The van der Waals surface area contributed by atoms with Crippen molar-refractivity contribution in [2.24, 2.45) is 5.92 Å². The molecule has 1 aliphatic rings. The second kappa shape index (κ2) is 8.43. The maximum Gasteiger partial charge on any atom is 0.272 e. The smallest absolute Gasteiger partial charge is 0.272 e. The number of amides is 1. The van der Waals surface area contributed by atoms with Crippen molar-refractivity contribution >= 4 is 22.6 Å². The first kappa shape index (κ1) is 19.1. The van der Waals surface area contributed by atoms with E-state index in [0.717, 1.165) is 16.7 Å². The summed E-state index contributed by atoms with van der Waals surface area (Å²) in [4.78, 5) is 30.0. The van der Waals surface area contributed by atoms with Gasteiger partial charge >= 0.3 is 0 Å². The molecule has 1 aliphatic heterocycles. The van der Waals surface area contributed by atoms with Crippen LogP contribution in [0.1, 0.15) is 24.3 Å². The van der Waals surface area contributed by atoms with Gasteiger partial charge in [0.2, 0.25) is 5.88 Å². The zero-order valence-corrected chi connectivity index (χ0v) is 16.8. The minimum atomic E-state index is -0.0287. The Bertz CT molecular complexity index is 999. The quantitative estimate of drug-likeness (QED) is 0.666. The molecule has 3 heterocycles. The lowest BCUT2D eigenvalue weighted by Crippen LogP contribution is -2.49. The van der Waals surface area contributed by atoms with E-state index in [1.165, 1.54) is 6.33 Å². The highest BCUT2D eigenvalue weighted by Crippen LogP contribution is 2.19. The molecule has 3 aromatic rings. The van der Waals surface area contributed by atoms with E-state index in [4.69, 9.17) is 4.74 Å². The molecule has 29 heavy (non-hydrogen) atoms. The largest absolute Gasteiger partial charge is 0.477 e. The number of pyridine rings is 1. The van der Waals surface area contributed by atoms with Crippen LogP contribution >= 0.6 is 0 Å². The lowest BCUT2D eigenvalue weighted by molar-refractivity contribution is 0.0741. The first-order valence-corrected chi connectivity index (χ1v) is 9.95. The fourth-order valence-corrected chi connectivity index (χ4v) is 3.32. The highest BCUT2D eigenvalue weighted by molar-refractivity contribution is 5.95. The number of ether oxygens (including phenoxy) is 1. The van der Waals surface area contributed by atoms with Gasteiger partial charge in [-0.15, -0.1) is 0 Å². The number of para-hydroxylation sites is 1. The molecule has 2 aromatic heterocycles. The molecular weight excluding hydrogens is 366 g/mol. The predicted molar refractivity (Wildman–Crippen MR) is 112 cm³/mol. The van der Waals surface area contributed by atoms with E-state index in [1.54, 1.807) is 6.07 Å². The molecule has 1 amide bonds. The van der Waals surface area contributed by atoms with Crippen LogP contribution in [0.3, 0.4) is 0 Å². The topological polar surface area (TPSA) is 71.5 Å². The molecule has 4 rings (SSSR count). The summed E-state index contributed by atoms with van der Waals surface area (Å²) in [6.07, 6.45) is 1.53. The van der Waals surface area contributed by atoms with Crippen LogP contribution < -0.4 is 9.64 Å². The Kier molecular flexibility index (Phi) is 5.55. The van der Waals surface area contributed by atoms with Crippen molar-refractivity contribution in [3.63, 3.8) is 0 Å². The van der Waals surface area contributed by atoms with Crippen molar-refractivity contribution in [2.45, 2.75) is 13.8 Å². The van der Waals surface area contributed by atoms with Gasteiger partial charge in [-0.3, -0.25) is 4.79 Å². The van der Waals surface area contributed by atoms with Gasteiger partial charge in [-0.1, -0.05) is 38.1 Å². The summed E-state index contributed by atoms with van der Waals surface area (Å²) in [7, 11) is 0. The van der Waals surface area contributed by atoms with Crippen molar-refractivity contribution in [1.82, 2.24) is 19.9 Å². The number of nitrogens with zero attached hydrogens (tertiary/aromatic N) is 5. The molecule has 1 fully saturated rings. The average Bonchev–Trinajstić information content (AvgIpc) is 2.77. The fourth-order valence-electron chi connectivity index (χ4n) is 3.32. The van der Waals surface area contributed by atoms with Crippen molar-refractivity contribution in [2.75, 3.05) is 37.7 Å². The molecule has 0 N–H and O–H groups in total. The van der Waals surface area contributed by atoms with E-state index < -0.39 is 0 Å². The van der Waals surface area contributed by atoms with Gasteiger partial charge in [-0.05, 0) is 18.1 Å². The third kappa shape index (κ3) is 4.45. The number of hydrogen-bond donors (Lipinski definition) is 0. The Labute approximate surface area is 170 Å². The van der Waals surface area contributed by atoms with Crippen molar-refractivity contribution in [3.05, 3.63) is 54.5 Å². The third-order valence-electron chi connectivity index (χ3n) is 4.90. The molecule has 150 valence electrons. The Morgan fingerprint density at radius 2 is 1.86 bits per heavy atom. The van der Waals surface area contributed by atoms with E-state index in [9.17, 15) is 4.79 Å². The second-order valence-electron chi connectivity index (χ2n) is 7.59. The van der Waals surface area contributed by atoms with E-state index in [0.29, 0.717) is 50.3 Å². The van der Waals surface area contributed by atoms with E-state index >= 15 is 0 Å². The molecular formula is C22H25N5O2. The summed E-state index contributed by atoms with van der Waals surface area (Å²) in [5.74, 6) is 1.82. The summed E-state index contributed by atoms with van der Waals surface area (Å²) in [6, 6.07) is 13.4. The van der Waals surface area contributed by atoms with Crippen LogP contribution in [0.15, 0.2) is 48.8 Å². The molecule has 0 bridgehead atoms. The van der Waals surface area contributed by atoms with Crippen LogP contribution in [-0.4, -0.2) is 58.5 Å². The van der Waals surface area contributed by atoms with Gasteiger partial charge in [0, 0.05) is 37.6 Å². The number of anilines is 1. The Balaban J connectivity index is 1.39. The first-order chi connectivity index (χ1) is 14.1. The van der Waals surface area contributed by atoms with Gasteiger partial charge in [0.1, 0.15) is 17.8 Å². The number of piperazine rings is 1. The number of fused-ring (bicyclic) bond motifs is 1. The third-order valence-corrected chi connectivity index (χ3v) is 4.90. The van der Waals surface area contributed by atoms with Crippen LogP contribution in [0.5, 0.6) is 5.88 Å². The van der Waals surface area contributed by atoms with Crippen LogP contribution in [-0.2, 0) is 0 Å². The molecule has 0 spiro atoms. The minimum absolute atomic E-state index is 0.0287. The lowest BCUT2D eigenvalue weighted by atomic mass is 10.2. The van der Waals surface area contributed by atoms with E-state index in [2.05, 4.69) is 33.7 Å². The number of carbonyl (C=O) groups excluding carboxylic acids is 1. The molecule has 0 radical (unpaired) electrons. The number of aromatic nitrogens is 3. The normalized spacial score (nSPS) is 14.4. The van der Waals surface area contributed by atoms with Gasteiger partial charge in [0.15, 0.2) is 0 Å². The summed E-state index contributed by atoms with van der Waals surface area (Å²) >= 11 is 0. The molecule has 0 atom stereocenters. The fraction of sp³-hybridized carbons (Fsp3) is 0.364. The standard InChI is InChI=1S/C22H25N5O2/c1-16(2)14-29-21-13-20(23-15-24-21)26-9-11-27(12-10-26)22(28)19-8-7-17-5-3-4-6-18(17)25-19/h3-8,13,15-16H,9-12,14H2,1-2H3. The van der Waals surface area contributed by atoms with Crippen molar-refractivity contribution in [3.8, 4) is 5.88 Å². The number of benzene rings is 1. The lowest BCUT2D eigenvalue weighted by Gasteiger charge is -2.35. The van der Waals surface area contributed by atoms with Crippen molar-refractivity contribution in [1.29, 1.82) is 0 Å². The zero-order valence-electron chi connectivity index (χ0n) is 16.8. The first-order valence-electron chi connectivity index (χ1n) is 9.95. The SMILES string of the molecule is CC(C)COc1cc(N2CCN(C(=O)c3ccc4ccccc4n3)CC2)ncn1. The molecule has 0 aliphatic carbocycles. The summed E-state index contributed by atoms with van der Waals surface area (Å²) in [6.45, 7) is 7.49. The van der Waals surface area contributed by atoms with Crippen LogP contribution in [0.4, 0.5) is 5.82 Å². The molecule has 1 saturated heterocycles. The molecule has 1 aromatic carbocycles. The highest BCUT2D eigenvalue weighted by atomic mass is 16.5. The van der Waals surface area contributed by atoms with Gasteiger partial charge in [-0.2, -0.15) is 0 Å². The van der Waals surface area contributed by atoms with Gasteiger partial charge in [-0.25, -0.2) is 15.0 Å². The maximum absolute atomic E-state index is 12.9. The number of hydrogen-bond acceptors (Lipinski definition) is 6. The average molecular weight is 391 g/mol. The second-order valence-corrected chi connectivity index (χ2v) is 7.59. The minimum Gasteiger partial charge on any atom is -0.477 e. The predicted octanol–water partition coefficient (Wildman–Crippen LogP) is 3.02. The molecule has 0 unspecified atom stereocenters. The Morgan fingerprint density at radius 1 is 1.07 bits per heavy atom.